The van der Waals surface area contributed by atoms with Gasteiger partial charge in [-0.1, -0.05) is 17.9 Å². The molecule has 0 aliphatic rings. The Morgan fingerprint density at radius 1 is 1.29 bits per heavy atom. The van der Waals surface area contributed by atoms with Gasteiger partial charge in [-0.3, -0.25) is 0 Å². The minimum Gasteiger partial charge on any atom is -0.197 e. The summed E-state index contributed by atoms with van der Waals surface area (Å²) >= 11 is 0. The highest BCUT2D eigenvalue weighted by atomic mass is 14.2. The molecule has 14 heavy (non-hydrogen) atoms. The van der Waals surface area contributed by atoms with Crippen LogP contribution in [0.4, 0.5) is 0 Å². The molecule has 0 unspecified atom stereocenters. The maximum atomic E-state index is 8.76. The molecule has 1 rings (SSSR count). The van der Waals surface area contributed by atoms with E-state index in [0.29, 0.717) is 5.56 Å². The van der Waals surface area contributed by atoms with E-state index < -0.39 is 0 Å². The van der Waals surface area contributed by atoms with Crippen molar-refractivity contribution in [2.75, 3.05) is 0 Å². The molecule has 0 saturated heterocycles. The lowest BCUT2D eigenvalue weighted by Crippen LogP contribution is -1.83. The molecule has 0 aliphatic carbocycles. The molecule has 0 atom stereocenters. The predicted molar refractivity (Wildman–Crippen MR) is 53.0 cm³/mol. The maximum absolute atomic E-state index is 8.76. The Morgan fingerprint density at radius 3 is 2.71 bits per heavy atom. The average Bonchev–Trinajstić information content (AvgIpc) is 2.21. The molecule has 0 bridgehead atoms. The van der Waals surface area contributed by atoms with Crippen LogP contribution >= 0.6 is 0 Å². The number of hydrogen-bond acceptors (Lipinski definition) is 2. The van der Waals surface area contributed by atoms with Crippen molar-refractivity contribution < 1.29 is 0 Å². The fraction of sp³-hybridized carbons (Fsp3) is 0.167. The topological polar surface area (TPSA) is 47.6 Å². The first-order chi connectivity index (χ1) is 6.77. The van der Waals surface area contributed by atoms with Gasteiger partial charge < -0.3 is 0 Å². The van der Waals surface area contributed by atoms with Gasteiger partial charge in [-0.05, 0) is 24.6 Å². The summed E-state index contributed by atoms with van der Waals surface area (Å²) in [6.07, 6.45) is 0.218. The first-order valence-electron chi connectivity index (χ1n) is 4.14. The van der Waals surface area contributed by atoms with Crippen LogP contribution in [0.15, 0.2) is 18.2 Å². The number of nitriles is 2. The molecule has 0 spiro atoms. The predicted octanol–water partition coefficient (Wildman–Crippen LogP) is 2.13. The molecule has 66 valence electrons. The third-order valence-corrected chi connectivity index (χ3v) is 1.76. The molecule has 0 fully saturated rings. The number of aryl methyl sites for hydroxylation is 1. The van der Waals surface area contributed by atoms with Crippen LogP contribution in [-0.2, 0) is 0 Å². The van der Waals surface area contributed by atoms with E-state index in [9.17, 15) is 0 Å². The van der Waals surface area contributed by atoms with Crippen LogP contribution in [0, 0.1) is 41.4 Å². The Bertz CT molecular complexity index is 476. The molecule has 0 heterocycles. The molecule has 0 saturated carbocycles. The Morgan fingerprint density at radius 2 is 2.07 bits per heavy atom. The van der Waals surface area contributed by atoms with Crippen LogP contribution < -0.4 is 0 Å². The van der Waals surface area contributed by atoms with Crippen LogP contribution in [0.5, 0.6) is 0 Å². The second-order valence-corrected chi connectivity index (χ2v) is 2.78. The molecule has 1 aromatic rings. The standard InChI is InChI=1S/C12H8N2/c1-10-5-6-11(4-2-3-7-13)8-12(10)9-14/h5-6,8H,3H2,1H3. The SMILES string of the molecule is Cc1ccc(C#CCC#N)cc1C#N. The lowest BCUT2D eigenvalue weighted by Gasteiger charge is -1.96. The van der Waals surface area contributed by atoms with E-state index >= 15 is 0 Å². The highest BCUT2D eigenvalue weighted by molar-refractivity contribution is 5.45. The van der Waals surface area contributed by atoms with Crippen molar-refractivity contribution in [2.24, 2.45) is 0 Å². The normalized spacial score (nSPS) is 7.93. The zero-order valence-electron chi connectivity index (χ0n) is 7.83. The van der Waals surface area contributed by atoms with Crippen molar-refractivity contribution in [1.29, 1.82) is 10.5 Å². The fourth-order valence-corrected chi connectivity index (χ4v) is 1.01. The van der Waals surface area contributed by atoms with Crippen molar-refractivity contribution in [3.05, 3.63) is 34.9 Å². The van der Waals surface area contributed by atoms with Crippen molar-refractivity contribution >= 4 is 0 Å². The summed E-state index contributed by atoms with van der Waals surface area (Å²) in [5.74, 6) is 5.53. The van der Waals surface area contributed by atoms with Gasteiger partial charge in [0, 0.05) is 5.56 Å². The van der Waals surface area contributed by atoms with E-state index in [-0.39, 0.29) is 6.42 Å². The zero-order chi connectivity index (χ0) is 10.4. The quantitative estimate of drug-likeness (QED) is 0.574. The van der Waals surface area contributed by atoms with E-state index in [1.54, 1.807) is 6.07 Å². The van der Waals surface area contributed by atoms with Gasteiger partial charge in [0.05, 0.1) is 24.1 Å². The van der Waals surface area contributed by atoms with Crippen molar-refractivity contribution in [2.45, 2.75) is 13.3 Å². The van der Waals surface area contributed by atoms with Crippen molar-refractivity contribution in [3.63, 3.8) is 0 Å². The van der Waals surface area contributed by atoms with Gasteiger partial charge >= 0.3 is 0 Å². The highest BCUT2D eigenvalue weighted by Gasteiger charge is 1.96. The smallest absolute Gasteiger partial charge is 0.0994 e. The van der Waals surface area contributed by atoms with Gasteiger partial charge in [0.25, 0.3) is 0 Å². The van der Waals surface area contributed by atoms with Crippen molar-refractivity contribution in [1.82, 2.24) is 0 Å². The minimum atomic E-state index is 0.218. The summed E-state index contributed by atoms with van der Waals surface area (Å²) in [6.45, 7) is 1.88. The van der Waals surface area contributed by atoms with Crippen LogP contribution in [0.25, 0.3) is 0 Å². The monoisotopic (exact) mass is 180 g/mol. The largest absolute Gasteiger partial charge is 0.197 e. The molecule has 2 heteroatoms. The Hall–Kier alpha value is -2.24. The van der Waals surface area contributed by atoms with Gasteiger partial charge in [0.2, 0.25) is 0 Å². The summed E-state index contributed by atoms with van der Waals surface area (Å²) in [5, 5.41) is 17.0. The second-order valence-electron chi connectivity index (χ2n) is 2.78. The zero-order valence-corrected chi connectivity index (χ0v) is 7.83. The van der Waals surface area contributed by atoms with Crippen LogP contribution in [0.3, 0.4) is 0 Å². The minimum absolute atomic E-state index is 0.218. The van der Waals surface area contributed by atoms with Crippen LogP contribution in [0.1, 0.15) is 23.1 Å². The molecule has 0 radical (unpaired) electrons. The average molecular weight is 180 g/mol. The van der Waals surface area contributed by atoms with E-state index in [0.717, 1.165) is 11.1 Å². The third kappa shape index (κ3) is 2.37. The number of nitrogens with zero attached hydrogens (tertiary/aromatic N) is 2. The summed E-state index contributed by atoms with van der Waals surface area (Å²) in [6, 6.07) is 9.47. The third-order valence-electron chi connectivity index (χ3n) is 1.76. The maximum Gasteiger partial charge on any atom is 0.0994 e. The highest BCUT2D eigenvalue weighted by Crippen LogP contribution is 2.08. The molecule has 0 N–H and O–H groups in total. The fourth-order valence-electron chi connectivity index (χ4n) is 1.01. The van der Waals surface area contributed by atoms with Gasteiger partial charge in [0.1, 0.15) is 0 Å². The second kappa shape index (κ2) is 4.70. The molecule has 0 amide bonds. The first kappa shape index (κ1) is 9.85. The lowest BCUT2D eigenvalue weighted by atomic mass is 10.1. The van der Waals surface area contributed by atoms with Gasteiger partial charge in [-0.25, -0.2) is 0 Å². The summed E-state index contributed by atoms with van der Waals surface area (Å²) in [5.41, 5.74) is 2.36. The number of hydrogen-bond donors (Lipinski definition) is 0. The molecule has 2 nitrogen and oxygen atoms in total. The van der Waals surface area contributed by atoms with Crippen LogP contribution in [-0.4, -0.2) is 0 Å². The molecule has 0 aliphatic heterocycles. The van der Waals surface area contributed by atoms with Gasteiger partial charge in [0.15, 0.2) is 0 Å². The summed E-state index contributed by atoms with van der Waals surface area (Å²) in [7, 11) is 0. The molecular weight excluding hydrogens is 172 g/mol. The first-order valence-corrected chi connectivity index (χ1v) is 4.14. The molecular formula is C12H8N2. The van der Waals surface area contributed by atoms with E-state index in [1.807, 2.05) is 25.1 Å². The Balaban J connectivity index is 3.00. The number of rotatable bonds is 0. The van der Waals surface area contributed by atoms with Crippen LogP contribution in [0.2, 0.25) is 0 Å². The molecule has 1 aromatic carbocycles. The van der Waals surface area contributed by atoms with E-state index in [2.05, 4.69) is 17.9 Å². The van der Waals surface area contributed by atoms with E-state index in [1.165, 1.54) is 0 Å². The van der Waals surface area contributed by atoms with Gasteiger partial charge in [-0.2, -0.15) is 10.5 Å². The Labute approximate surface area is 83.4 Å². The Kier molecular flexibility index (Phi) is 3.31. The molecule has 0 aromatic heterocycles. The van der Waals surface area contributed by atoms with Gasteiger partial charge in [-0.15, -0.1) is 0 Å². The lowest BCUT2D eigenvalue weighted by molar-refractivity contribution is 1.38. The summed E-state index contributed by atoms with van der Waals surface area (Å²) < 4.78 is 0. The van der Waals surface area contributed by atoms with Crippen molar-refractivity contribution in [3.8, 4) is 24.0 Å². The number of benzene rings is 1. The van der Waals surface area contributed by atoms with E-state index in [4.69, 9.17) is 10.5 Å². The summed E-state index contributed by atoms with van der Waals surface area (Å²) in [4.78, 5) is 0.